The van der Waals surface area contributed by atoms with Crippen molar-refractivity contribution < 1.29 is 28.5 Å². The van der Waals surface area contributed by atoms with E-state index in [0.29, 0.717) is 49.3 Å². The molecule has 3 aromatic rings. The van der Waals surface area contributed by atoms with E-state index in [-0.39, 0.29) is 31.0 Å². The normalized spacial score (nSPS) is 14.8. The lowest BCUT2D eigenvalue weighted by Crippen LogP contribution is -2.39. The lowest BCUT2D eigenvalue weighted by molar-refractivity contribution is -0.145. The largest absolute Gasteiger partial charge is 0.494 e. The minimum Gasteiger partial charge on any atom is -0.494 e. The lowest BCUT2D eigenvalue weighted by atomic mass is 9.96. The molecule has 1 aliphatic rings. The number of fused-ring (bicyclic) bond motifs is 1. The van der Waals surface area contributed by atoms with E-state index in [0.717, 1.165) is 0 Å². The van der Waals surface area contributed by atoms with Gasteiger partial charge in [0, 0.05) is 10.6 Å². The summed E-state index contributed by atoms with van der Waals surface area (Å²) in [5.74, 6) is -0.0235. The molecule has 4 rings (SSSR count). The van der Waals surface area contributed by atoms with Crippen molar-refractivity contribution >= 4 is 41.0 Å². The van der Waals surface area contributed by atoms with Crippen LogP contribution in [0.3, 0.4) is 0 Å². The Bertz CT molecular complexity index is 1620. The van der Waals surface area contributed by atoms with Crippen molar-refractivity contribution in [1.29, 1.82) is 0 Å². The van der Waals surface area contributed by atoms with Gasteiger partial charge in [0.2, 0.25) is 0 Å². The van der Waals surface area contributed by atoms with Gasteiger partial charge in [-0.1, -0.05) is 35.1 Å². The predicted octanol–water partition coefficient (Wildman–Crippen LogP) is 3.79. The zero-order chi connectivity index (χ0) is 28.8. The van der Waals surface area contributed by atoms with Crippen molar-refractivity contribution in [3.8, 4) is 11.5 Å². The Morgan fingerprint density at radius 1 is 1.02 bits per heavy atom. The molecule has 11 heteroatoms. The molecule has 1 atom stereocenters. The standard InChI is InChI=1S/C29H29ClN2O7S/c1-5-36-21-11-8-18(9-12-21)26-25(28(35)38-7-3)17(4)31-29-32(26)27(34)23(40-29)15-19-14-20(30)10-13-22(19)39-16-24(33)37-6-2/h8-15,26H,5-7,16H2,1-4H3/b23-15-/t26-/m0/s1. The molecule has 0 unspecified atom stereocenters. The van der Waals surface area contributed by atoms with Crippen molar-refractivity contribution in [2.24, 2.45) is 4.99 Å². The summed E-state index contributed by atoms with van der Waals surface area (Å²) in [7, 11) is 0. The number of carbonyl (C=O) groups is 2. The molecule has 0 saturated heterocycles. The Morgan fingerprint density at radius 2 is 1.75 bits per heavy atom. The number of allylic oxidation sites excluding steroid dienone is 1. The van der Waals surface area contributed by atoms with Crippen LogP contribution < -0.4 is 24.4 Å². The van der Waals surface area contributed by atoms with Gasteiger partial charge in [-0.25, -0.2) is 14.6 Å². The number of aromatic nitrogens is 1. The van der Waals surface area contributed by atoms with Gasteiger partial charge in [0.05, 0.1) is 41.7 Å². The van der Waals surface area contributed by atoms with Gasteiger partial charge in [-0.15, -0.1) is 0 Å². The SMILES string of the molecule is CCOC(=O)COc1ccc(Cl)cc1/C=c1\sc2n(c1=O)[C@@H](c1ccc(OCC)cc1)C(C(=O)OCC)=C(C)N=2. The molecule has 0 radical (unpaired) electrons. The van der Waals surface area contributed by atoms with E-state index < -0.39 is 18.0 Å². The summed E-state index contributed by atoms with van der Waals surface area (Å²) in [4.78, 5) is 43.8. The first-order chi connectivity index (χ1) is 19.3. The summed E-state index contributed by atoms with van der Waals surface area (Å²) < 4.78 is 23.4. The van der Waals surface area contributed by atoms with E-state index in [1.165, 1.54) is 15.9 Å². The monoisotopic (exact) mass is 584 g/mol. The van der Waals surface area contributed by atoms with Crippen LogP contribution in [-0.4, -0.2) is 42.9 Å². The van der Waals surface area contributed by atoms with Gasteiger partial charge in [0.25, 0.3) is 5.56 Å². The smallest absolute Gasteiger partial charge is 0.344 e. The van der Waals surface area contributed by atoms with E-state index in [1.807, 2.05) is 19.1 Å². The molecule has 0 N–H and O–H groups in total. The number of halogens is 1. The maximum absolute atomic E-state index is 13.9. The summed E-state index contributed by atoms with van der Waals surface area (Å²) in [5.41, 5.74) is 1.60. The first-order valence-electron chi connectivity index (χ1n) is 12.8. The summed E-state index contributed by atoms with van der Waals surface area (Å²) in [6, 6.07) is 11.4. The first kappa shape index (κ1) is 29.1. The Labute approximate surface area is 239 Å². The highest BCUT2D eigenvalue weighted by Crippen LogP contribution is 2.32. The maximum atomic E-state index is 13.9. The lowest BCUT2D eigenvalue weighted by Gasteiger charge is -2.24. The number of hydrogen-bond acceptors (Lipinski definition) is 9. The fourth-order valence-corrected chi connectivity index (χ4v) is 5.48. The third-order valence-corrected chi connectivity index (χ3v) is 7.15. The molecule has 0 saturated carbocycles. The van der Waals surface area contributed by atoms with Gasteiger partial charge in [-0.2, -0.15) is 0 Å². The van der Waals surface area contributed by atoms with Crippen LogP contribution in [0.25, 0.3) is 6.08 Å². The number of nitrogens with zero attached hydrogens (tertiary/aromatic N) is 2. The highest BCUT2D eigenvalue weighted by atomic mass is 35.5. The molecule has 0 bridgehead atoms. The van der Waals surface area contributed by atoms with Crippen LogP contribution in [0.2, 0.25) is 5.02 Å². The third-order valence-electron chi connectivity index (χ3n) is 5.93. The van der Waals surface area contributed by atoms with Gasteiger partial charge in [0.15, 0.2) is 11.4 Å². The number of ether oxygens (including phenoxy) is 4. The predicted molar refractivity (Wildman–Crippen MR) is 152 cm³/mol. The second-order valence-electron chi connectivity index (χ2n) is 8.58. The molecule has 9 nitrogen and oxygen atoms in total. The van der Waals surface area contributed by atoms with Gasteiger partial charge in [-0.3, -0.25) is 9.36 Å². The zero-order valence-electron chi connectivity index (χ0n) is 22.6. The molecule has 0 amide bonds. The summed E-state index contributed by atoms with van der Waals surface area (Å²) >= 11 is 7.41. The molecule has 0 aliphatic carbocycles. The van der Waals surface area contributed by atoms with Crippen molar-refractivity contribution in [2.45, 2.75) is 33.7 Å². The number of benzene rings is 2. The Balaban J connectivity index is 1.85. The summed E-state index contributed by atoms with van der Waals surface area (Å²) in [6.07, 6.45) is 1.63. The second kappa shape index (κ2) is 13.0. The van der Waals surface area contributed by atoms with Crippen molar-refractivity contribution in [3.63, 3.8) is 0 Å². The van der Waals surface area contributed by atoms with Crippen LogP contribution in [0, 0.1) is 0 Å². The average Bonchev–Trinajstić information content (AvgIpc) is 3.22. The number of carbonyl (C=O) groups excluding carboxylic acids is 2. The van der Waals surface area contributed by atoms with E-state index in [1.54, 1.807) is 57.2 Å². The van der Waals surface area contributed by atoms with Gasteiger partial charge in [0.1, 0.15) is 11.5 Å². The van der Waals surface area contributed by atoms with E-state index in [2.05, 4.69) is 4.99 Å². The van der Waals surface area contributed by atoms with E-state index in [4.69, 9.17) is 30.5 Å². The average molecular weight is 585 g/mol. The Kier molecular flexibility index (Phi) is 9.44. The zero-order valence-corrected chi connectivity index (χ0v) is 24.1. The highest BCUT2D eigenvalue weighted by molar-refractivity contribution is 7.07. The first-order valence-corrected chi connectivity index (χ1v) is 14.0. The molecule has 1 aromatic heterocycles. The minimum absolute atomic E-state index is 0.180. The Hall–Kier alpha value is -3.89. The van der Waals surface area contributed by atoms with Gasteiger partial charge in [-0.05, 0) is 69.7 Å². The fraction of sp³-hybridized carbons (Fsp3) is 0.310. The minimum atomic E-state index is -0.757. The molecular weight excluding hydrogens is 556 g/mol. The van der Waals surface area contributed by atoms with Crippen LogP contribution in [0.4, 0.5) is 0 Å². The van der Waals surface area contributed by atoms with Crippen LogP contribution >= 0.6 is 22.9 Å². The van der Waals surface area contributed by atoms with E-state index >= 15 is 0 Å². The van der Waals surface area contributed by atoms with Crippen LogP contribution in [0.5, 0.6) is 11.5 Å². The number of thiazole rings is 1. The highest BCUT2D eigenvalue weighted by Gasteiger charge is 2.33. The number of rotatable bonds is 10. The van der Waals surface area contributed by atoms with Crippen LogP contribution in [0.15, 0.2) is 63.5 Å². The van der Waals surface area contributed by atoms with Gasteiger partial charge >= 0.3 is 11.9 Å². The maximum Gasteiger partial charge on any atom is 0.344 e. The molecule has 0 spiro atoms. The fourth-order valence-electron chi connectivity index (χ4n) is 4.26. The van der Waals surface area contributed by atoms with Gasteiger partial charge < -0.3 is 18.9 Å². The van der Waals surface area contributed by atoms with Crippen molar-refractivity contribution in [1.82, 2.24) is 4.57 Å². The summed E-state index contributed by atoms with van der Waals surface area (Å²) in [6.45, 7) is 7.68. The third kappa shape index (κ3) is 6.29. The Morgan fingerprint density at radius 3 is 2.42 bits per heavy atom. The molecule has 2 heterocycles. The molecule has 1 aliphatic heterocycles. The molecule has 210 valence electrons. The number of hydrogen-bond donors (Lipinski definition) is 0. The molecule has 0 fully saturated rings. The summed E-state index contributed by atoms with van der Waals surface area (Å²) in [5, 5.41) is 0.426. The van der Waals surface area contributed by atoms with Crippen molar-refractivity contribution in [3.05, 3.63) is 89.6 Å². The number of esters is 2. The van der Waals surface area contributed by atoms with Crippen molar-refractivity contribution in [2.75, 3.05) is 26.4 Å². The molecule has 40 heavy (non-hydrogen) atoms. The second-order valence-corrected chi connectivity index (χ2v) is 10.0. The quantitative estimate of drug-likeness (QED) is 0.334. The van der Waals surface area contributed by atoms with E-state index in [9.17, 15) is 14.4 Å². The topological polar surface area (TPSA) is 105 Å². The molecule has 2 aromatic carbocycles. The van der Waals surface area contributed by atoms with Crippen LogP contribution in [-0.2, 0) is 19.1 Å². The molecular formula is C29H29ClN2O7S. The van der Waals surface area contributed by atoms with Crippen LogP contribution in [0.1, 0.15) is 44.9 Å².